The van der Waals surface area contributed by atoms with Crippen LogP contribution in [0.2, 0.25) is 0 Å². The molecule has 1 unspecified atom stereocenters. The fourth-order valence-corrected chi connectivity index (χ4v) is 5.62. The van der Waals surface area contributed by atoms with Gasteiger partial charge in [0.05, 0.1) is 25.4 Å². The predicted octanol–water partition coefficient (Wildman–Crippen LogP) is 0.809. The summed E-state index contributed by atoms with van der Waals surface area (Å²) in [7, 11) is -3.23. The molecular weight excluding hydrogens is 354 g/mol. The molecule has 2 aliphatic heterocycles. The first-order valence-corrected chi connectivity index (χ1v) is 11.8. The van der Waals surface area contributed by atoms with Crippen LogP contribution in [0.15, 0.2) is 0 Å². The molecule has 0 bridgehead atoms. The van der Waals surface area contributed by atoms with Crippen molar-refractivity contribution in [3.63, 3.8) is 0 Å². The molecule has 8 heteroatoms. The molecule has 0 aromatic carbocycles. The molecule has 0 aromatic heterocycles. The van der Waals surface area contributed by atoms with E-state index in [9.17, 15) is 13.2 Å². The van der Waals surface area contributed by atoms with Crippen molar-refractivity contribution >= 4 is 15.9 Å². The van der Waals surface area contributed by atoms with Gasteiger partial charge in [0.15, 0.2) is 0 Å². The van der Waals surface area contributed by atoms with E-state index in [2.05, 4.69) is 10.2 Å². The molecule has 1 aliphatic carbocycles. The van der Waals surface area contributed by atoms with Crippen LogP contribution in [-0.2, 0) is 19.6 Å². The van der Waals surface area contributed by atoms with Gasteiger partial charge in [-0.1, -0.05) is 19.3 Å². The van der Waals surface area contributed by atoms with E-state index in [4.69, 9.17) is 4.74 Å². The molecule has 26 heavy (non-hydrogen) atoms. The zero-order valence-electron chi connectivity index (χ0n) is 15.9. The minimum absolute atomic E-state index is 0.0107. The van der Waals surface area contributed by atoms with Crippen LogP contribution in [-0.4, -0.2) is 81.3 Å². The number of ether oxygens (including phenoxy) is 1. The van der Waals surface area contributed by atoms with Crippen LogP contribution in [0, 0.1) is 5.92 Å². The van der Waals surface area contributed by atoms with E-state index in [1.54, 1.807) is 0 Å². The zero-order chi connectivity index (χ0) is 18.6. The number of amides is 1. The molecule has 7 nitrogen and oxygen atoms in total. The number of nitrogens with one attached hydrogen (secondary N) is 1. The number of morpholine rings is 1. The van der Waals surface area contributed by atoms with Gasteiger partial charge >= 0.3 is 0 Å². The Morgan fingerprint density at radius 3 is 2.46 bits per heavy atom. The second kappa shape index (κ2) is 8.54. The Bertz CT molecular complexity index is 583. The SMILES string of the molecule is CS(=O)(=O)N1CCCC(C(=O)NCC2(N3CCOCC3)CCCCC2)C1. The van der Waals surface area contributed by atoms with Crippen LogP contribution < -0.4 is 5.32 Å². The van der Waals surface area contributed by atoms with Crippen LogP contribution in [0.5, 0.6) is 0 Å². The van der Waals surface area contributed by atoms with Gasteiger partial charge in [-0.2, -0.15) is 0 Å². The molecule has 0 radical (unpaired) electrons. The Morgan fingerprint density at radius 2 is 1.81 bits per heavy atom. The van der Waals surface area contributed by atoms with Crippen LogP contribution >= 0.6 is 0 Å². The van der Waals surface area contributed by atoms with Crippen LogP contribution in [0.3, 0.4) is 0 Å². The lowest BCUT2D eigenvalue weighted by atomic mass is 9.79. The Kier molecular flexibility index (Phi) is 6.59. The van der Waals surface area contributed by atoms with Gasteiger partial charge in [-0.3, -0.25) is 9.69 Å². The highest BCUT2D eigenvalue weighted by Crippen LogP contribution is 2.34. The number of hydrogen-bond acceptors (Lipinski definition) is 5. The predicted molar refractivity (Wildman–Crippen MR) is 100 cm³/mol. The summed E-state index contributed by atoms with van der Waals surface area (Å²) >= 11 is 0. The van der Waals surface area contributed by atoms with Gasteiger partial charge in [-0.05, 0) is 25.7 Å². The van der Waals surface area contributed by atoms with Crippen molar-refractivity contribution in [1.82, 2.24) is 14.5 Å². The Morgan fingerprint density at radius 1 is 1.12 bits per heavy atom. The van der Waals surface area contributed by atoms with E-state index in [1.165, 1.54) is 29.8 Å². The van der Waals surface area contributed by atoms with Gasteiger partial charge in [-0.25, -0.2) is 12.7 Å². The minimum atomic E-state index is -3.23. The Balaban J connectivity index is 1.60. The van der Waals surface area contributed by atoms with Crippen molar-refractivity contribution in [2.75, 3.05) is 52.2 Å². The van der Waals surface area contributed by atoms with Crippen molar-refractivity contribution in [2.45, 2.75) is 50.5 Å². The molecule has 3 aliphatic rings. The topological polar surface area (TPSA) is 79.0 Å². The minimum Gasteiger partial charge on any atom is -0.379 e. The second-order valence-electron chi connectivity index (χ2n) is 8.06. The molecule has 150 valence electrons. The number of carbonyl (C=O) groups is 1. The van der Waals surface area contributed by atoms with Gasteiger partial charge in [0.1, 0.15) is 0 Å². The van der Waals surface area contributed by atoms with Crippen molar-refractivity contribution < 1.29 is 17.9 Å². The lowest BCUT2D eigenvalue weighted by Gasteiger charge is -2.48. The molecule has 1 saturated carbocycles. The van der Waals surface area contributed by atoms with Crippen LogP contribution in [0.25, 0.3) is 0 Å². The van der Waals surface area contributed by atoms with E-state index in [0.717, 1.165) is 52.0 Å². The third-order valence-corrected chi connectivity index (χ3v) is 7.55. The average Bonchev–Trinajstić information content (AvgIpc) is 2.67. The quantitative estimate of drug-likeness (QED) is 0.755. The maximum absolute atomic E-state index is 12.8. The molecular formula is C18H33N3O4S. The molecule has 3 fully saturated rings. The summed E-state index contributed by atoms with van der Waals surface area (Å²) in [6, 6.07) is 0. The molecule has 2 saturated heterocycles. The number of hydrogen-bond donors (Lipinski definition) is 1. The van der Waals surface area contributed by atoms with E-state index in [1.807, 2.05) is 0 Å². The van der Waals surface area contributed by atoms with Crippen LogP contribution in [0.1, 0.15) is 44.9 Å². The number of nitrogens with zero attached hydrogens (tertiary/aromatic N) is 2. The van der Waals surface area contributed by atoms with E-state index < -0.39 is 10.0 Å². The largest absolute Gasteiger partial charge is 0.379 e. The maximum Gasteiger partial charge on any atom is 0.224 e. The monoisotopic (exact) mass is 387 g/mol. The molecule has 0 spiro atoms. The second-order valence-corrected chi connectivity index (χ2v) is 10.0. The summed E-state index contributed by atoms with van der Waals surface area (Å²) in [6.45, 7) is 4.91. The van der Waals surface area contributed by atoms with Gasteiger partial charge < -0.3 is 10.1 Å². The Hall–Kier alpha value is -0.700. The first kappa shape index (κ1) is 20.0. The normalized spacial score (nSPS) is 28.6. The summed E-state index contributed by atoms with van der Waals surface area (Å²) in [6.07, 6.45) is 8.66. The molecule has 2 heterocycles. The third-order valence-electron chi connectivity index (χ3n) is 6.28. The molecule has 1 atom stereocenters. The summed E-state index contributed by atoms with van der Waals surface area (Å²) in [5.41, 5.74) is 0.0445. The maximum atomic E-state index is 12.8. The smallest absolute Gasteiger partial charge is 0.224 e. The fourth-order valence-electron chi connectivity index (χ4n) is 4.71. The first-order chi connectivity index (χ1) is 12.4. The highest BCUT2D eigenvalue weighted by molar-refractivity contribution is 7.88. The van der Waals surface area contributed by atoms with E-state index in [-0.39, 0.29) is 17.4 Å². The first-order valence-electron chi connectivity index (χ1n) is 9.96. The Labute approximate surface area is 157 Å². The van der Waals surface area contributed by atoms with Crippen molar-refractivity contribution in [3.05, 3.63) is 0 Å². The summed E-state index contributed by atoms with van der Waals surface area (Å²) in [5, 5.41) is 3.19. The molecule has 1 amide bonds. The van der Waals surface area contributed by atoms with Crippen molar-refractivity contribution in [3.8, 4) is 0 Å². The van der Waals surface area contributed by atoms with Gasteiger partial charge in [0.2, 0.25) is 15.9 Å². The highest BCUT2D eigenvalue weighted by atomic mass is 32.2. The summed E-state index contributed by atoms with van der Waals surface area (Å²) < 4.78 is 30.5. The standard InChI is InChI=1S/C18H33N3O4S/c1-26(23,24)21-9-5-6-16(14-21)17(22)19-15-18(7-3-2-4-8-18)20-10-12-25-13-11-20/h16H,2-15H2,1H3,(H,19,22). The average molecular weight is 388 g/mol. The van der Waals surface area contributed by atoms with E-state index in [0.29, 0.717) is 19.6 Å². The lowest BCUT2D eigenvalue weighted by molar-refractivity contribution is -0.127. The number of sulfonamides is 1. The summed E-state index contributed by atoms with van der Waals surface area (Å²) in [5.74, 6) is -0.222. The number of carbonyl (C=O) groups excluding carboxylic acids is 1. The fraction of sp³-hybridized carbons (Fsp3) is 0.944. The number of piperidine rings is 1. The molecule has 3 rings (SSSR count). The van der Waals surface area contributed by atoms with Gasteiger partial charge in [0.25, 0.3) is 0 Å². The molecule has 0 aromatic rings. The van der Waals surface area contributed by atoms with E-state index >= 15 is 0 Å². The van der Waals surface area contributed by atoms with Crippen molar-refractivity contribution in [1.29, 1.82) is 0 Å². The highest BCUT2D eigenvalue weighted by Gasteiger charge is 2.39. The van der Waals surface area contributed by atoms with Gasteiger partial charge in [-0.15, -0.1) is 0 Å². The zero-order valence-corrected chi connectivity index (χ0v) is 16.7. The molecule has 1 N–H and O–H groups in total. The van der Waals surface area contributed by atoms with Crippen molar-refractivity contribution in [2.24, 2.45) is 5.92 Å². The van der Waals surface area contributed by atoms with Gasteiger partial charge in [0, 0.05) is 38.3 Å². The van der Waals surface area contributed by atoms with Crippen LogP contribution in [0.4, 0.5) is 0 Å². The number of rotatable bonds is 5. The third kappa shape index (κ3) is 4.77. The summed E-state index contributed by atoms with van der Waals surface area (Å²) in [4.78, 5) is 15.3. The lowest BCUT2D eigenvalue weighted by Crippen LogP contribution is -2.60.